The van der Waals surface area contributed by atoms with E-state index in [1.54, 1.807) is 12.1 Å². The molecule has 0 aromatic heterocycles. The third-order valence-corrected chi connectivity index (χ3v) is 3.17. The van der Waals surface area contributed by atoms with E-state index in [0.29, 0.717) is 19.7 Å². The number of hydrogen-bond donors (Lipinski definition) is 2. The maximum atomic E-state index is 13.0. The largest absolute Gasteiger partial charge is 0.492 e. The zero-order valence-corrected chi connectivity index (χ0v) is 12.6. The molecule has 0 aliphatic carbocycles. The molecule has 3 nitrogen and oxygen atoms in total. The van der Waals surface area contributed by atoms with Crippen LogP contribution in [0.25, 0.3) is 0 Å². The van der Waals surface area contributed by atoms with Gasteiger partial charge in [-0.1, -0.05) is 23.7 Å². The molecule has 0 bridgehead atoms. The molecule has 2 aromatic carbocycles. The first-order chi connectivity index (χ1) is 10.2. The quantitative estimate of drug-likeness (QED) is 0.744. The molecule has 0 saturated carbocycles. The lowest BCUT2D eigenvalue weighted by Crippen LogP contribution is -2.14. The number of para-hydroxylation sites is 2. The minimum atomic E-state index is -0.411. The molecule has 0 spiro atoms. The third-order valence-electron chi connectivity index (χ3n) is 2.88. The van der Waals surface area contributed by atoms with Gasteiger partial charge in [0, 0.05) is 18.8 Å². The van der Waals surface area contributed by atoms with Crippen LogP contribution in [-0.4, -0.2) is 19.7 Å². The Morgan fingerprint density at radius 1 is 1.10 bits per heavy atom. The number of ether oxygens (including phenoxy) is 1. The summed E-state index contributed by atoms with van der Waals surface area (Å²) in [6.45, 7) is 3.98. The van der Waals surface area contributed by atoms with Crippen LogP contribution in [0.1, 0.15) is 6.92 Å². The van der Waals surface area contributed by atoms with Crippen molar-refractivity contribution in [3.8, 4) is 5.75 Å². The van der Waals surface area contributed by atoms with Crippen molar-refractivity contribution in [1.82, 2.24) is 0 Å². The molecule has 5 heteroatoms. The molecule has 0 heterocycles. The van der Waals surface area contributed by atoms with E-state index in [1.165, 1.54) is 6.07 Å². The topological polar surface area (TPSA) is 33.3 Å². The zero-order valence-electron chi connectivity index (χ0n) is 11.8. The smallest absolute Gasteiger partial charge is 0.142 e. The molecule has 2 rings (SSSR count). The van der Waals surface area contributed by atoms with E-state index in [2.05, 4.69) is 10.6 Å². The van der Waals surface area contributed by atoms with E-state index >= 15 is 0 Å². The lowest BCUT2D eigenvalue weighted by atomic mass is 10.3. The predicted molar refractivity (Wildman–Crippen MR) is 86.0 cm³/mol. The van der Waals surface area contributed by atoms with Crippen LogP contribution in [0.2, 0.25) is 5.02 Å². The van der Waals surface area contributed by atoms with Gasteiger partial charge in [0.15, 0.2) is 0 Å². The van der Waals surface area contributed by atoms with E-state index in [-0.39, 0.29) is 5.02 Å². The molecule has 21 heavy (non-hydrogen) atoms. The standard InChI is InChI=1S/C16H18ClFN2O/c1-2-21-16-6-4-3-5-15(16)20-10-9-19-12-7-8-14(18)13(17)11-12/h3-8,11,19-20H,2,9-10H2,1H3. The van der Waals surface area contributed by atoms with Crippen LogP contribution < -0.4 is 15.4 Å². The van der Waals surface area contributed by atoms with E-state index in [4.69, 9.17) is 16.3 Å². The highest BCUT2D eigenvalue weighted by Crippen LogP contribution is 2.23. The molecule has 0 amide bonds. The van der Waals surface area contributed by atoms with Gasteiger partial charge < -0.3 is 15.4 Å². The van der Waals surface area contributed by atoms with Crippen LogP contribution in [0.5, 0.6) is 5.75 Å². The number of benzene rings is 2. The summed E-state index contributed by atoms with van der Waals surface area (Å²) in [6, 6.07) is 12.4. The van der Waals surface area contributed by atoms with E-state index in [9.17, 15) is 4.39 Å². The van der Waals surface area contributed by atoms with E-state index < -0.39 is 5.82 Å². The summed E-state index contributed by atoms with van der Waals surface area (Å²) >= 11 is 5.73. The second kappa shape index (κ2) is 7.74. The van der Waals surface area contributed by atoms with Gasteiger partial charge in [0.1, 0.15) is 11.6 Å². The van der Waals surface area contributed by atoms with Crippen LogP contribution in [0, 0.1) is 5.82 Å². The summed E-state index contributed by atoms with van der Waals surface area (Å²) in [6.07, 6.45) is 0. The molecule has 2 N–H and O–H groups in total. The minimum absolute atomic E-state index is 0.120. The summed E-state index contributed by atoms with van der Waals surface area (Å²) in [5.74, 6) is 0.427. The molecule has 112 valence electrons. The number of hydrogen-bond acceptors (Lipinski definition) is 3. The van der Waals surface area contributed by atoms with Gasteiger partial charge in [-0.05, 0) is 37.3 Å². The highest BCUT2D eigenvalue weighted by molar-refractivity contribution is 6.31. The second-order valence-electron chi connectivity index (χ2n) is 4.41. The van der Waals surface area contributed by atoms with Crippen molar-refractivity contribution in [1.29, 1.82) is 0 Å². The van der Waals surface area contributed by atoms with Gasteiger partial charge in [0.2, 0.25) is 0 Å². The van der Waals surface area contributed by atoms with Crippen molar-refractivity contribution in [2.75, 3.05) is 30.3 Å². The fourth-order valence-corrected chi connectivity index (χ4v) is 2.08. The van der Waals surface area contributed by atoms with Crippen molar-refractivity contribution in [2.24, 2.45) is 0 Å². The Bertz CT molecular complexity index is 592. The Morgan fingerprint density at radius 2 is 1.86 bits per heavy atom. The summed E-state index contributed by atoms with van der Waals surface area (Å²) < 4.78 is 18.6. The fraction of sp³-hybridized carbons (Fsp3) is 0.250. The summed E-state index contributed by atoms with van der Waals surface area (Å²) in [5.41, 5.74) is 1.75. The monoisotopic (exact) mass is 308 g/mol. The summed E-state index contributed by atoms with van der Waals surface area (Å²) in [5, 5.41) is 6.60. The van der Waals surface area contributed by atoms with Crippen LogP contribution in [0.3, 0.4) is 0 Å². The maximum absolute atomic E-state index is 13.0. The summed E-state index contributed by atoms with van der Waals surface area (Å²) in [4.78, 5) is 0. The van der Waals surface area contributed by atoms with Gasteiger partial charge in [-0.25, -0.2) is 4.39 Å². The van der Waals surface area contributed by atoms with Crippen molar-refractivity contribution in [3.05, 3.63) is 53.3 Å². The molecule has 0 aliphatic heterocycles. The van der Waals surface area contributed by atoms with Crippen LogP contribution in [0.15, 0.2) is 42.5 Å². The van der Waals surface area contributed by atoms with Gasteiger partial charge in [-0.2, -0.15) is 0 Å². The SMILES string of the molecule is CCOc1ccccc1NCCNc1ccc(F)c(Cl)c1. The fourth-order valence-electron chi connectivity index (χ4n) is 1.90. The predicted octanol–water partition coefficient (Wildman–Crippen LogP) is 4.40. The average Bonchev–Trinajstić information content (AvgIpc) is 2.49. The summed E-state index contributed by atoms with van der Waals surface area (Å²) in [7, 11) is 0. The highest BCUT2D eigenvalue weighted by atomic mass is 35.5. The Balaban J connectivity index is 1.83. The molecule has 0 unspecified atom stereocenters. The van der Waals surface area contributed by atoms with E-state index in [0.717, 1.165) is 17.1 Å². The minimum Gasteiger partial charge on any atom is -0.492 e. The lowest BCUT2D eigenvalue weighted by Gasteiger charge is -2.13. The molecule has 0 aliphatic rings. The molecule has 0 fully saturated rings. The van der Waals surface area contributed by atoms with Gasteiger partial charge >= 0.3 is 0 Å². The Labute approximate surface area is 129 Å². The zero-order chi connectivity index (χ0) is 15.1. The van der Waals surface area contributed by atoms with Crippen molar-refractivity contribution < 1.29 is 9.13 Å². The Morgan fingerprint density at radius 3 is 2.62 bits per heavy atom. The first kappa shape index (κ1) is 15.4. The third kappa shape index (κ3) is 4.53. The lowest BCUT2D eigenvalue weighted by molar-refractivity contribution is 0.342. The Kier molecular flexibility index (Phi) is 5.69. The van der Waals surface area contributed by atoms with Crippen LogP contribution >= 0.6 is 11.6 Å². The number of halogens is 2. The number of anilines is 2. The average molecular weight is 309 g/mol. The molecule has 0 radical (unpaired) electrons. The number of rotatable bonds is 7. The van der Waals surface area contributed by atoms with Gasteiger partial charge in [-0.15, -0.1) is 0 Å². The van der Waals surface area contributed by atoms with E-state index in [1.807, 2.05) is 31.2 Å². The number of nitrogens with one attached hydrogen (secondary N) is 2. The van der Waals surface area contributed by atoms with Crippen molar-refractivity contribution >= 4 is 23.0 Å². The highest BCUT2D eigenvalue weighted by Gasteiger charge is 2.02. The van der Waals surface area contributed by atoms with Crippen LogP contribution in [0.4, 0.5) is 15.8 Å². The molecular formula is C16H18ClFN2O. The van der Waals surface area contributed by atoms with Crippen molar-refractivity contribution in [2.45, 2.75) is 6.92 Å². The van der Waals surface area contributed by atoms with Gasteiger partial charge in [0.25, 0.3) is 0 Å². The molecule has 0 saturated heterocycles. The normalized spacial score (nSPS) is 10.2. The molecular weight excluding hydrogens is 291 g/mol. The van der Waals surface area contributed by atoms with Crippen LogP contribution in [-0.2, 0) is 0 Å². The molecule has 0 atom stereocenters. The Hall–Kier alpha value is -1.94. The second-order valence-corrected chi connectivity index (χ2v) is 4.82. The maximum Gasteiger partial charge on any atom is 0.142 e. The molecule has 2 aromatic rings. The first-order valence-corrected chi connectivity index (χ1v) is 7.23. The van der Waals surface area contributed by atoms with Gasteiger partial charge in [0.05, 0.1) is 17.3 Å². The van der Waals surface area contributed by atoms with Gasteiger partial charge in [-0.3, -0.25) is 0 Å². The van der Waals surface area contributed by atoms with Crippen molar-refractivity contribution in [3.63, 3.8) is 0 Å². The first-order valence-electron chi connectivity index (χ1n) is 6.85.